The molecule has 6 atom stereocenters. The second-order valence-electron chi connectivity index (χ2n) is 14.4. The van der Waals surface area contributed by atoms with E-state index in [2.05, 4.69) is 62.5 Å². The Labute approximate surface area is 327 Å². The van der Waals surface area contributed by atoms with Gasteiger partial charge in [-0.3, -0.25) is 9.59 Å². The average Bonchev–Trinajstić information content (AvgIpc) is 3.17. The van der Waals surface area contributed by atoms with Gasteiger partial charge >= 0.3 is 11.9 Å². The Morgan fingerprint density at radius 3 is 1.65 bits per heavy atom. The molecule has 1 rings (SSSR count). The van der Waals surface area contributed by atoms with Gasteiger partial charge in [-0.25, -0.2) is 0 Å². The maximum atomic E-state index is 12.7. The molecule has 2 unspecified atom stereocenters. The summed E-state index contributed by atoms with van der Waals surface area (Å²) in [5, 5.41) is 40.0. The van der Waals surface area contributed by atoms with Gasteiger partial charge in [-0.05, 0) is 51.4 Å². The third-order valence-electron chi connectivity index (χ3n) is 9.48. The van der Waals surface area contributed by atoms with Crippen molar-refractivity contribution >= 4 is 11.9 Å². The summed E-state index contributed by atoms with van der Waals surface area (Å²) in [5.41, 5.74) is 0. The normalized spacial score (nSPS) is 21.2. The van der Waals surface area contributed by atoms with Gasteiger partial charge in [0.05, 0.1) is 13.2 Å². The van der Waals surface area contributed by atoms with Gasteiger partial charge in [-0.1, -0.05) is 146 Å². The van der Waals surface area contributed by atoms with E-state index < -0.39 is 49.4 Å². The first-order valence-corrected chi connectivity index (χ1v) is 21.2. The first kappa shape index (κ1) is 49.7. The summed E-state index contributed by atoms with van der Waals surface area (Å²) >= 11 is 0. The SMILES string of the molecule is CC/C=C/C/C=C/C/C=C/C/C=C/CCCCC(=O)O[C@@H](COC(=O)CCCCCCCCCCCCCCCC)CO[C@H]1O[C@@H](CO)[C@@H](O)C(O)C1O. The van der Waals surface area contributed by atoms with Crippen LogP contribution in [0.1, 0.15) is 162 Å². The highest BCUT2D eigenvalue weighted by molar-refractivity contribution is 5.70. The highest BCUT2D eigenvalue weighted by Crippen LogP contribution is 2.22. The number of esters is 2. The lowest BCUT2D eigenvalue weighted by molar-refractivity contribution is -0.305. The zero-order valence-corrected chi connectivity index (χ0v) is 33.7. The smallest absolute Gasteiger partial charge is 0.306 e. The maximum absolute atomic E-state index is 12.7. The second kappa shape index (κ2) is 35.1. The number of unbranched alkanes of at least 4 members (excludes halogenated alkanes) is 15. The van der Waals surface area contributed by atoms with Gasteiger partial charge < -0.3 is 39.4 Å². The number of carbonyl (C=O) groups is 2. The lowest BCUT2D eigenvalue weighted by atomic mass is 9.99. The molecule has 10 heteroatoms. The minimum Gasteiger partial charge on any atom is -0.462 e. The number of allylic oxidation sites excluding steroid dienone is 8. The summed E-state index contributed by atoms with van der Waals surface area (Å²) in [6.45, 7) is 3.26. The second-order valence-corrected chi connectivity index (χ2v) is 14.4. The molecule has 312 valence electrons. The van der Waals surface area contributed by atoms with Gasteiger partial charge in [-0.2, -0.15) is 0 Å². The van der Waals surface area contributed by atoms with E-state index in [0.717, 1.165) is 57.8 Å². The number of ether oxygens (including phenoxy) is 4. The van der Waals surface area contributed by atoms with Crippen molar-refractivity contribution in [3.05, 3.63) is 48.6 Å². The molecule has 0 aromatic heterocycles. The van der Waals surface area contributed by atoms with Crippen molar-refractivity contribution in [1.29, 1.82) is 0 Å². The molecule has 10 nitrogen and oxygen atoms in total. The Morgan fingerprint density at radius 1 is 0.593 bits per heavy atom. The van der Waals surface area contributed by atoms with E-state index >= 15 is 0 Å². The van der Waals surface area contributed by atoms with Crippen LogP contribution in [0.25, 0.3) is 0 Å². The highest BCUT2D eigenvalue weighted by atomic mass is 16.7. The Hall–Kier alpha value is -2.34. The van der Waals surface area contributed by atoms with Crippen LogP contribution in [-0.4, -0.2) is 89.0 Å². The molecule has 1 aliphatic heterocycles. The van der Waals surface area contributed by atoms with Gasteiger partial charge in [0.15, 0.2) is 12.4 Å². The monoisotopic (exact) mass is 765 g/mol. The van der Waals surface area contributed by atoms with Gasteiger partial charge in [0.1, 0.15) is 31.0 Å². The molecule has 0 aromatic rings. The average molecular weight is 765 g/mol. The quantitative estimate of drug-likeness (QED) is 0.0285. The molecular formula is C44H76O10. The van der Waals surface area contributed by atoms with Crippen molar-refractivity contribution in [2.24, 2.45) is 0 Å². The van der Waals surface area contributed by atoms with E-state index in [4.69, 9.17) is 18.9 Å². The third kappa shape index (κ3) is 26.5. The van der Waals surface area contributed by atoms with Crippen molar-refractivity contribution in [2.45, 2.75) is 198 Å². The Morgan fingerprint density at radius 2 is 1.09 bits per heavy atom. The molecule has 0 aliphatic carbocycles. The summed E-state index contributed by atoms with van der Waals surface area (Å²) in [6, 6.07) is 0. The summed E-state index contributed by atoms with van der Waals surface area (Å²) in [4.78, 5) is 25.2. The Balaban J connectivity index is 2.39. The van der Waals surface area contributed by atoms with Crippen LogP contribution in [0.5, 0.6) is 0 Å². The van der Waals surface area contributed by atoms with Crippen molar-refractivity contribution < 1.29 is 49.0 Å². The van der Waals surface area contributed by atoms with Crippen molar-refractivity contribution in [3.63, 3.8) is 0 Å². The van der Waals surface area contributed by atoms with Crippen LogP contribution >= 0.6 is 0 Å². The van der Waals surface area contributed by atoms with Crippen LogP contribution in [0.2, 0.25) is 0 Å². The molecular weight excluding hydrogens is 688 g/mol. The maximum Gasteiger partial charge on any atom is 0.306 e. The summed E-state index contributed by atoms with van der Waals surface area (Å²) < 4.78 is 22.1. The molecule has 1 heterocycles. The molecule has 0 bridgehead atoms. The number of carbonyl (C=O) groups excluding carboxylic acids is 2. The molecule has 1 aliphatic rings. The minimum atomic E-state index is -1.60. The topological polar surface area (TPSA) is 152 Å². The predicted octanol–water partition coefficient (Wildman–Crippen LogP) is 8.49. The van der Waals surface area contributed by atoms with E-state index in [9.17, 15) is 30.0 Å². The number of rotatable bonds is 34. The van der Waals surface area contributed by atoms with E-state index in [1.54, 1.807) is 0 Å². The highest BCUT2D eigenvalue weighted by Gasteiger charge is 2.44. The molecule has 54 heavy (non-hydrogen) atoms. The van der Waals surface area contributed by atoms with Crippen LogP contribution in [-0.2, 0) is 28.5 Å². The standard InChI is InChI=1S/C44H76O10/c1-3-5-7-9-11-13-15-17-19-21-23-25-27-29-31-33-40(47)53-37(36-52-44-43(50)42(49)41(48)38(34-45)54-44)35-51-39(46)32-30-28-26-24-22-20-18-16-14-12-10-8-6-4-2/h5,7,11,13,17,19,23,25,37-38,41-45,48-50H,3-4,6,8-10,12,14-16,18,20-22,24,26-36H2,1-2H3/b7-5+,13-11+,19-17+,25-23+/t37-,38-,41+,42?,43?,44-/m0/s1. The zero-order valence-electron chi connectivity index (χ0n) is 33.7. The summed E-state index contributed by atoms with van der Waals surface area (Å²) in [5.74, 6) is -0.855. The van der Waals surface area contributed by atoms with E-state index in [1.807, 2.05) is 0 Å². The minimum absolute atomic E-state index is 0.178. The van der Waals surface area contributed by atoms with Crippen LogP contribution in [0, 0.1) is 0 Å². The third-order valence-corrected chi connectivity index (χ3v) is 9.48. The molecule has 0 aromatic carbocycles. The van der Waals surface area contributed by atoms with Gasteiger partial charge in [0.2, 0.25) is 0 Å². The molecule has 4 N–H and O–H groups in total. The van der Waals surface area contributed by atoms with Crippen LogP contribution in [0.3, 0.4) is 0 Å². The molecule has 0 spiro atoms. The van der Waals surface area contributed by atoms with E-state index in [0.29, 0.717) is 6.42 Å². The lowest BCUT2D eigenvalue weighted by Gasteiger charge is -2.39. The molecule has 1 saturated heterocycles. The van der Waals surface area contributed by atoms with E-state index in [1.165, 1.54) is 70.6 Å². The van der Waals surface area contributed by atoms with Crippen LogP contribution < -0.4 is 0 Å². The summed E-state index contributed by atoms with van der Waals surface area (Å²) in [6.07, 6.45) is 32.6. The van der Waals surface area contributed by atoms with Crippen molar-refractivity contribution in [1.82, 2.24) is 0 Å². The summed E-state index contributed by atoms with van der Waals surface area (Å²) in [7, 11) is 0. The first-order chi connectivity index (χ1) is 26.3. The van der Waals surface area contributed by atoms with Gasteiger partial charge in [-0.15, -0.1) is 0 Å². The Kier molecular flexibility index (Phi) is 32.3. The molecule has 1 fully saturated rings. The lowest BCUT2D eigenvalue weighted by Crippen LogP contribution is -2.59. The van der Waals surface area contributed by atoms with Gasteiger partial charge in [0.25, 0.3) is 0 Å². The van der Waals surface area contributed by atoms with Gasteiger partial charge in [0, 0.05) is 12.8 Å². The fourth-order valence-corrected chi connectivity index (χ4v) is 6.12. The predicted molar refractivity (Wildman–Crippen MR) is 215 cm³/mol. The number of aliphatic hydroxyl groups is 4. The number of hydrogen-bond donors (Lipinski definition) is 4. The van der Waals surface area contributed by atoms with Crippen molar-refractivity contribution in [3.8, 4) is 0 Å². The van der Waals surface area contributed by atoms with E-state index in [-0.39, 0.29) is 32.0 Å². The Bertz CT molecular complexity index is 1020. The fraction of sp³-hybridized carbons (Fsp3) is 0.773. The van der Waals surface area contributed by atoms with Crippen LogP contribution in [0.15, 0.2) is 48.6 Å². The number of aliphatic hydroxyl groups excluding tert-OH is 4. The molecule has 0 saturated carbocycles. The van der Waals surface area contributed by atoms with Crippen LogP contribution in [0.4, 0.5) is 0 Å². The largest absolute Gasteiger partial charge is 0.462 e. The fourth-order valence-electron chi connectivity index (χ4n) is 6.12. The molecule has 0 radical (unpaired) electrons. The van der Waals surface area contributed by atoms with Crippen molar-refractivity contribution in [2.75, 3.05) is 19.8 Å². The number of hydrogen-bond acceptors (Lipinski definition) is 10. The zero-order chi connectivity index (χ0) is 39.5. The molecule has 0 amide bonds. The first-order valence-electron chi connectivity index (χ1n) is 21.2.